The molecule has 0 bridgehead atoms. The number of ketones is 1. The van der Waals surface area contributed by atoms with Gasteiger partial charge in [0, 0.05) is 6.42 Å². The van der Waals surface area contributed by atoms with Crippen LogP contribution >= 0.6 is 0 Å². The second kappa shape index (κ2) is 7.95. The summed E-state index contributed by atoms with van der Waals surface area (Å²) in [5.41, 5.74) is 0. The molecule has 0 aliphatic rings. The topological polar surface area (TPSA) is 17.1 Å². The van der Waals surface area contributed by atoms with Crippen LogP contribution in [0.3, 0.4) is 0 Å². The van der Waals surface area contributed by atoms with Gasteiger partial charge in [0.1, 0.15) is 5.78 Å². The first-order valence-corrected chi connectivity index (χ1v) is 5.71. The molecular formula is C12H23FO. The Morgan fingerprint density at radius 2 is 1.79 bits per heavy atom. The molecule has 0 amide bonds. The second-order valence-corrected chi connectivity index (χ2v) is 4.07. The van der Waals surface area contributed by atoms with Crippen LogP contribution in [0.1, 0.15) is 52.9 Å². The molecule has 0 fully saturated rings. The second-order valence-electron chi connectivity index (χ2n) is 4.07. The number of rotatable bonds is 8. The predicted octanol–water partition coefficient (Wildman–Crippen LogP) is 3.77. The summed E-state index contributed by atoms with van der Waals surface area (Å²) in [4.78, 5) is 11.0. The SMILES string of the molecule is CCC(CCCF)C(CC)CC(C)=O. The normalized spacial score (nSPS) is 15.1. The lowest BCUT2D eigenvalue weighted by molar-refractivity contribution is -0.118. The average molecular weight is 202 g/mol. The summed E-state index contributed by atoms with van der Waals surface area (Å²) < 4.78 is 12.1. The van der Waals surface area contributed by atoms with Crippen molar-refractivity contribution in [3.8, 4) is 0 Å². The number of hydrogen-bond donors (Lipinski definition) is 0. The Kier molecular flexibility index (Phi) is 7.73. The van der Waals surface area contributed by atoms with E-state index in [1.807, 2.05) is 0 Å². The predicted molar refractivity (Wildman–Crippen MR) is 58.1 cm³/mol. The zero-order valence-corrected chi connectivity index (χ0v) is 9.68. The number of carbonyl (C=O) groups is 1. The van der Waals surface area contributed by atoms with Crippen molar-refractivity contribution in [2.24, 2.45) is 11.8 Å². The lowest BCUT2D eigenvalue weighted by atomic mass is 9.82. The maximum absolute atomic E-state index is 12.1. The van der Waals surface area contributed by atoms with E-state index in [9.17, 15) is 9.18 Å². The Hall–Kier alpha value is -0.400. The number of hydrogen-bond acceptors (Lipinski definition) is 1. The van der Waals surface area contributed by atoms with Crippen LogP contribution in [0.2, 0.25) is 0 Å². The molecule has 0 aromatic carbocycles. The van der Waals surface area contributed by atoms with Gasteiger partial charge in [0.2, 0.25) is 0 Å². The smallest absolute Gasteiger partial charge is 0.130 e. The van der Waals surface area contributed by atoms with Gasteiger partial charge in [-0.3, -0.25) is 4.39 Å². The van der Waals surface area contributed by atoms with Gasteiger partial charge in [-0.2, -0.15) is 0 Å². The van der Waals surface area contributed by atoms with Crippen molar-refractivity contribution in [1.29, 1.82) is 0 Å². The van der Waals surface area contributed by atoms with Gasteiger partial charge in [-0.1, -0.05) is 26.7 Å². The molecule has 1 nitrogen and oxygen atoms in total. The van der Waals surface area contributed by atoms with Gasteiger partial charge in [-0.15, -0.1) is 0 Å². The van der Waals surface area contributed by atoms with Crippen molar-refractivity contribution >= 4 is 5.78 Å². The van der Waals surface area contributed by atoms with Crippen molar-refractivity contribution in [3.05, 3.63) is 0 Å². The molecule has 0 N–H and O–H groups in total. The minimum atomic E-state index is -0.229. The van der Waals surface area contributed by atoms with Gasteiger partial charge in [-0.05, 0) is 31.6 Å². The molecule has 0 saturated carbocycles. The molecule has 84 valence electrons. The third-order valence-electron chi connectivity index (χ3n) is 2.97. The van der Waals surface area contributed by atoms with E-state index in [0.29, 0.717) is 24.7 Å². The molecule has 14 heavy (non-hydrogen) atoms. The van der Waals surface area contributed by atoms with Crippen LogP contribution in [0.25, 0.3) is 0 Å². The monoisotopic (exact) mass is 202 g/mol. The first-order chi connectivity index (χ1) is 6.65. The minimum absolute atomic E-state index is 0.229. The molecule has 0 aromatic heterocycles. The molecule has 0 aliphatic heterocycles. The summed E-state index contributed by atoms with van der Waals surface area (Å²) in [6.45, 7) is 5.66. The van der Waals surface area contributed by atoms with Crippen LogP contribution < -0.4 is 0 Å². The Balaban J connectivity index is 4.06. The van der Waals surface area contributed by atoms with Crippen molar-refractivity contribution in [2.75, 3.05) is 6.67 Å². The van der Waals surface area contributed by atoms with Gasteiger partial charge < -0.3 is 4.79 Å². The number of halogens is 1. The lowest BCUT2D eigenvalue weighted by Gasteiger charge is -2.23. The molecule has 0 heterocycles. The van der Waals surface area contributed by atoms with E-state index in [2.05, 4.69) is 13.8 Å². The van der Waals surface area contributed by atoms with Crippen molar-refractivity contribution in [1.82, 2.24) is 0 Å². The van der Waals surface area contributed by atoms with Crippen LogP contribution in [0.5, 0.6) is 0 Å². The van der Waals surface area contributed by atoms with Crippen LogP contribution in [-0.2, 0) is 4.79 Å². The summed E-state index contributed by atoms with van der Waals surface area (Å²) in [5.74, 6) is 1.25. The van der Waals surface area contributed by atoms with Crippen LogP contribution in [0.15, 0.2) is 0 Å². The van der Waals surface area contributed by atoms with E-state index in [1.54, 1.807) is 6.92 Å². The largest absolute Gasteiger partial charge is 0.300 e. The van der Waals surface area contributed by atoms with E-state index in [-0.39, 0.29) is 12.5 Å². The van der Waals surface area contributed by atoms with E-state index in [0.717, 1.165) is 19.3 Å². The molecule has 0 radical (unpaired) electrons. The highest BCUT2D eigenvalue weighted by molar-refractivity contribution is 5.75. The van der Waals surface area contributed by atoms with Crippen LogP contribution in [-0.4, -0.2) is 12.5 Å². The molecule has 0 aliphatic carbocycles. The van der Waals surface area contributed by atoms with E-state index in [4.69, 9.17) is 0 Å². The Morgan fingerprint density at radius 1 is 1.21 bits per heavy atom. The third-order valence-corrected chi connectivity index (χ3v) is 2.97. The van der Waals surface area contributed by atoms with Gasteiger partial charge >= 0.3 is 0 Å². The van der Waals surface area contributed by atoms with E-state index in [1.165, 1.54) is 0 Å². The Labute approximate surface area is 87.1 Å². The average Bonchev–Trinajstić information content (AvgIpc) is 2.16. The molecule has 2 heteroatoms. The standard InChI is InChI=1S/C12H23FO/c1-4-11(7-6-8-13)12(5-2)9-10(3)14/h11-12H,4-9H2,1-3H3. The maximum Gasteiger partial charge on any atom is 0.130 e. The Morgan fingerprint density at radius 3 is 2.14 bits per heavy atom. The summed E-state index contributed by atoms with van der Waals surface area (Å²) in [7, 11) is 0. The fourth-order valence-electron chi connectivity index (χ4n) is 2.13. The Bertz CT molecular complexity index is 156. The van der Waals surface area contributed by atoms with E-state index < -0.39 is 0 Å². The fraction of sp³-hybridized carbons (Fsp3) is 0.917. The molecule has 0 saturated heterocycles. The molecular weight excluding hydrogens is 179 g/mol. The molecule has 0 spiro atoms. The quantitative estimate of drug-likeness (QED) is 0.585. The highest BCUT2D eigenvalue weighted by atomic mass is 19.1. The van der Waals surface area contributed by atoms with Crippen LogP contribution in [0, 0.1) is 11.8 Å². The minimum Gasteiger partial charge on any atom is -0.300 e. The first kappa shape index (κ1) is 13.6. The van der Waals surface area contributed by atoms with E-state index >= 15 is 0 Å². The number of carbonyl (C=O) groups excluding carboxylic acids is 1. The zero-order valence-electron chi connectivity index (χ0n) is 9.68. The van der Waals surface area contributed by atoms with Crippen molar-refractivity contribution in [3.63, 3.8) is 0 Å². The summed E-state index contributed by atoms with van der Waals surface area (Å²) >= 11 is 0. The number of alkyl halides is 1. The van der Waals surface area contributed by atoms with Gasteiger partial charge in [0.15, 0.2) is 0 Å². The summed E-state index contributed by atoms with van der Waals surface area (Å²) in [6.07, 6.45) is 4.34. The van der Waals surface area contributed by atoms with Gasteiger partial charge in [-0.25, -0.2) is 0 Å². The molecule has 2 unspecified atom stereocenters. The third kappa shape index (κ3) is 5.36. The highest BCUT2D eigenvalue weighted by Crippen LogP contribution is 2.27. The fourth-order valence-corrected chi connectivity index (χ4v) is 2.13. The summed E-state index contributed by atoms with van der Waals surface area (Å²) in [5, 5.41) is 0. The van der Waals surface area contributed by atoms with Gasteiger partial charge in [0.05, 0.1) is 6.67 Å². The van der Waals surface area contributed by atoms with Crippen molar-refractivity contribution < 1.29 is 9.18 Å². The maximum atomic E-state index is 12.1. The lowest BCUT2D eigenvalue weighted by Crippen LogP contribution is -2.16. The number of Topliss-reactive ketones (excluding diaryl/α,β-unsaturated/α-hetero) is 1. The van der Waals surface area contributed by atoms with Crippen molar-refractivity contribution in [2.45, 2.75) is 52.9 Å². The summed E-state index contributed by atoms with van der Waals surface area (Å²) in [6, 6.07) is 0. The zero-order chi connectivity index (χ0) is 11.0. The molecule has 2 atom stereocenters. The van der Waals surface area contributed by atoms with Gasteiger partial charge in [0.25, 0.3) is 0 Å². The first-order valence-electron chi connectivity index (χ1n) is 5.71. The molecule has 0 aromatic rings. The highest BCUT2D eigenvalue weighted by Gasteiger charge is 2.19. The molecule has 0 rings (SSSR count). The van der Waals surface area contributed by atoms with Crippen LogP contribution in [0.4, 0.5) is 4.39 Å².